The zero-order valence-corrected chi connectivity index (χ0v) is 12.5. The lowest BCUT2D eigenvalue weighted by Gasteiger charge is -2.54. The van der Waals surface area contributed by atoms with Crippen molar-refractivity contribution < 1.29 is 9.90 Å². The molecule has 4 aliphatic carbocycles. The van der Waals surface area contributed by atoms with Crippen LogP contribution in [0.5, 0.6) is 0 Å². The summed E-state index contributed by atoms with van der Waals surface area (Å²) in [6.07, 6.45) is 7.71. The van der Waals surface area contributed by atoms with E-state index in [-0.39, 0.29) is 12.6 Å². The highest BCUT2D eigenvalue weighted by Gasteiger charge is 2.52. The average molecular weight is 277 g/mol. The molecule has 4 saturated carbocycles. The molecule has 0 spiro atoms. The van der Waals surface area contributed by atoms with Crippen molar-refractivity contribution in [1.29, 1.82) is 0 Å². The Morgan fingerprint density at radius 3 is 2.25 bits per heavy atom. The van der Waals surface area contributed by atoms with Gasteiger partial charge in [0, 0.05) is 12.5 Å². The van der Waals surface area contributed by atoms with Gasteiger partial charge in [-0.15, -0.1) is 0 Å². The molecule has 1 saturated heterocycles. The molecule has 0 aromatic rings. The van der Waals surface area contributed by atoms with E-state index in [4.69, 9.17) is 0 Å². The van der Waals surface area contributed by atoms with E-state index in [9.17, 15) is 9.90 Å². The standard InChI is InChI=1S/C17H27NO2/c1-10-2-3-18(15(10)9-19)17(20)16-13-5-11-4-12(7-13)8-14(16)6-11/h10-16,19H,2-9H2,1H3. The summed E-state index contributed by atoms with van der Waals surface area (Å²) in [6, 6.07) is 0.0830. The van der Waals surface area contributed by atoms with E-state index in [1.807, 2.05) is 4.90 Å². The topological polar surface area (TPSA) is 40.5 Å². The lowest BCUT2D eigenvalue weighted by Crippen LogP contribution is -2.53. The second-order valence-corrected chi connectivity index (χ2v) is 8.00. The van der Waals surface area contributed by atoms with E-state index in [1.54, 1.807) is 0 Å². The molecule has 1 heterocycles. The predicted octanol–water partition coefficient (Wildman–Crippen LogP) is 2.29. The van der Waals surface area contributed by atoms with E-state index in [0.29, 0.717) is 29.6 Å². The molecule has 3 heteroatoms. The molecule has 3 nitrogen and oxygen atoms in total. The lowest BCUT2D eigenvalue weighted by atomic mass is 9.51. The van der Waals surface area contributed by atoms with Crippen LogP contribution in [-0.4, -0.2) is 35.1 Å². The molecule has 1 amide bonds. The molecule has 0 aromatic heterocycles. The zero-order chi connectivity index (χ0) is 13.9. The summed E-state index contributed by atoms with van der Waals surface area (Å²) in [5.41, 5.74) is 0. The summed E-state index contributed by atoms with van der Waals surface area (Å²) < 4.78 is 0. The van der Waals surface area contributed by atoms with Gasteiger partial charge in [0.2, 0.25) is 5.91 Å². The van der Waals surface area contributed by atoms with E-state index < -0.39 is 0 Å². The molecule has 4 bridgehead atoms. The molecule has 2 atom stereocenters. The third-order valence-corrected chi connectivity index (χ3v) is 6.86. The van der Waals surface area contributed by atoms with Crippen LogP contribution in [0.25, 0.3) is 0 Å². The number of hydrogen-bond acceptors (Lipinski definition) is 2. The van der Waals surface area contributed by atoms with E-state index in [2.05, 4.69) is 6.92 Å². The number of rotatable bonds is 2. The maximum absolute atomic E-state index is 13.1. The average Bonchev–Trinajstić information content (AvgIpc) is 2.78. The van der Waals surface area contributed by atoms with Crippen LogP contribution in [0.2, 0.25) is 0 Å². The van der Waals surface area contributed by atoms with Gasteiger partial charge in [0.25, 0.3) is 0 Å². The lowest BCUT2D eigenvalue weighted by molar-refractivity contribution is -0.151. The largest absolute Gasteiger partial charge is 0.394 e. The van der Waals surface area contributed by atoms with Crippen LogP contribution in [0.15, 0.2) is 0 Å². The molecule has 1 N–H and O–H groups in total. The maximum atomic E-state index is 13.1. The molecule has 0 radical (unpaired) electrons. The highest BCUT2D eigenvalue weighted by molar-refractivity contribution is 5.80. The fraction of sp³-hybridized carbons (Fsp3) is 0.941. The van der Waals surface area contributed by atoms with Crippen molar-refractivity contribution in [1.82, 2.24) is 4.90 Å². The van der Waals surface area contributed by atoms with Gasteiger partial charge >= 0.3 is 0 Å². The third kappa shape index (κ3) is 1.85. The van der Waals surface area contributed by atoms with Gasteiger partial charge in [-0.05, 0) is 68.1 Å². The third-order valence-electron chi connectivity index (χ3n) is 6.86. The fourth-order valence-corrected chi connectivity index (χ4v) is 6.08. The zero-order valence-electron chi connectivity index (χ0n) is 12.5. The van der Waals surface area contributed by atoms with Crippen LogP contribution in [0, 0.1) is 35.5 Å². The minimum Gasteiger partial charge on any atom is -0.394 e. The highest BCUT2D eigenvalue weighted by Crippen LogP contribution is 2.57. The van der Waals surface area contributed by atoms with Crippen molar-refractivity contribution in [3.63, 3.8) is 0 Å². The van der Waals surface area contributed by atoms with Crippen LogP contribution in [-0.2, 0) is 4.79 Å². The number of aliphatic hydroxyl groups is 1. The molecule has 112 valence electrons. The molecule has 20 heavy (non-hydrogen) atoms. The number of aliphatic hydroxyl groups excluding tert-OH is 1. The van der Waals surface area contributed by atoms with E-state index in [1.165, 1.54) is 32.1 Å². The van der Waals surface area contributed by atoms with Gasteiger partial charge in [0.1, 0.15) is 0 Å². The molecular formula is C17H27NO2. The Morgan fingerprint density at radius 2 is 1.70 bits per heavy atom. The smallest absolute Gasteiger partial charge is 0.226 e. The normalized spacial score (nSPS) is 49.9. The van der Waals surface area contributed by atoms with Crippen LogP contribution in [0.1, 0.15) is 45.4 Å². The van der Waals surface area contributed by atoms with Gasteiger partial charge in [-0.3, -0.25) is 4.79 Å². The van der Waals surface area contributed by atoms with E-state index >= 15 is 0 Å². The van der Waals surface area contributed by atoms with Crippen LogP contribution < -0.4 is 0 Å². The molecular weight excluding hydrogens is 250 g/mol. The Morgan fingerprint density at radius 1 is 1.10 bits per heavy atom. The van der Waals surface area contributed by atoms with E-state index in [0.717, 1.165) is 24.8 Å². The van der Waals surface area contributed by atoms with Crippen molar-refractivity contribution in [2.75, 3.05) is 13.2 Å². The monoisotopic (exact) mass is 277 g/mol. The molecule has 0 aromatic carbocycles. The van der Waals surface area contributed by atoms with Crippen LogP contribution >= 0.6 is 0 Å². The maximum Gasteiger partial charge on any atom is 0.226 e. The first kappa shape index (κ1) is 13.1. The molecule has 2 unspecified atom stereocenters. The Kier molecular flexibility index (Phi) is 3.10. The van der Waals surface area contributed by atoms with Gasteiger partial charge in [-0.25, -0.2) is 0 Å². The molecule has 1 aliphatic heterocycles. The summed E-state index contributed by atoms with van der Waals surface area (Å²) in [5, 5.41) is 9.61. The first-order valence-electron chi connectivity index (χ1n) is 8.58. The number of likely N-dealkylation sites (tertiary alicyclic amines) is 1. The summed E-state index contributed by atoms with van der Waals surface area (Å²) in [6.45, 7) is 3.18. The van der Waals surface area contributed by atoms with Crippen molar-refractivity contribution in [3.05, 3.63) is 0 Å². The summed E-state index contributed by atoms with van der Waals surface area (Å²) in [5.74, 6) is 4.31. The van der Waals surface area contributed by atoms with Crippen molar-refractivity contribution >= 4 is 5.91 Å². The van der Waals surface area contributed by atoms with Crippen LogP contribution in [0.3, 0.4) is 0 Å². The van der Waals surface area contributed by atoms with Gasteiger partial charge in [0.15, 0.2) is 0 Å². The minimum atomic E-state index is 0.0830. The number of hydrogen-bond donors (Lipinski definition) is 1. The predicted molar refractivity (Wildman–Crippen MR) is 76.9 cm³/mol. The molecule has 5 aliphatic rings. The summed E-state index contributed by atoms with van der Waals surface area (Å²) >= 11 is 0. The molecule has 5 rings (SSSR count). The number of nitrogens with zero attached hydrogens (tertiary/aromatic N) is 1. The van der Waals surface area contributed by atoms with Crippen molar-refractivity contribution in [2.24, 2.45) is 35.5 Å². The second kappa shape index (κ2) is 4.72. The Hall–Kier alpha value is -0.570. The van der Waals surface area contributed by atoms with Gasteiger partial charge in [-0.2, -0.15) is 0 Å². The SMILES string of the molecule is CC1CCN(C(=O)C2C3CC4CC(C3)CC2C4)C1CO. The van der Waals surface area contributed by atoms with Gasteiger partial charge < -0.3 is 10.0 Å². The number of amides is 1. The van der Waals surface area contributed by atoms with Gasteiger partial charge in [-0.1, -0.05) is 6.92 Å². The number of carbonyl (C=O) groups is 1. The quantitative estimate of drug-likeness (QED) is 0.841. The summed E-state index contributed by atoms with van der Waals surface area (Å²) in [7, 11) is 0. The minimum absolute atomic E-state index is 0.0830. The fourth-order valence-electron chi connectivity index (χ4n) is 6.08. The van der Waals surface area contributed by atoms with Gasteiger partial charge in [0.05, 0.1) is 12.6 Å². The summed E-state index contributed by atoms with van der Waals surface area (Å²) in [4.78, 5) is 15.1. The first-order chi connectivity index (χ1) is 9.67. The Balaban J connectivity index is 1.54. The van der Waals surface area contributed by atoms with Crippen molar-refractivity contribution in [3.8, 4) is 0 Å². The molecule has 5 fully saturated rings. The van der Waals surface area contributed by atoms with Crippen LogP contribution in [0.4, 0.5) is 0 Å². The second-order valence-electron chi connectivity index (χ2n) is 8.00. The Bertz CT molecular complexity index is 380. The van der Waals surface area contributed by atoms with Crippen molar-refractivity contribution in [2.45, 2.75) is 51.5 Å². The Labute approximate surface area is 121 Å². The highest BCUT2D eigenvalue weighted by atomic mass is 16.3. The number of carbonyl (C=O) groups excluding carboxylic acids is 1. The first-order valence-corrected chi connectivity index (χ1v) is 8.58.